The maximum Gasteiger partial charge on any atom is 0.252 e. The lowest BCUT2D eigenvalue weighted by atomic mass is 9.64. The Hall–Kier alpha value is -1.81. The van der Waals surface area contributed by atoms with Gasteiger partial charge in [-0.25, -0.2) is 0 Å². The third-order valence-corrected chi connectivity index (χ3v) is 4.61. The predicted molar refractivity (Wildman–Crippen MR) is 78.7 cm³/mol. The number of methoxy groups -OCH3 is 1. The van der Waals surface area contributed by atoms with Gasteiger partial charge in [0.2, 0.25) is 0 Å². The Bertz CT molecular complexity index is 645. The van der Waals surface area contributed by atoms with Crippen molar-refractivity contribution in [2.24, 2.45) is 5.41 Å². The third kappa shape index (κ3) is 1.91. The van der Waals surface area contributed by atoms with Gasteiger partial charge in [-0.1, -0.05) is 19.9 Å². The van der Waals surface area contributed by atoms with Gasteiger partial charge in [0.1, 0.15) is 0 Å². The van der Waals surface area contributed by atoms with E-state index >= 15 is 0 Å². The van der Waals surface area contributed by atoms with Crippen molar-refractivity contribution in [2.45, 2.75) is 32.4 Å². The largest absolute Gasteiger partial charge is 0.381 e. The fraction of sp³-hybridized carbons (Fsp3) is 0.438. The number of fused-ring (bicyclic) bond motifs is 1. The molecule has 3 rings (SSSR count). The van der Waals surface area contributed by atoms with Crippen LogP contribution in [0.1, 0.15) is 30.6 Å². The number of hydrogen-bond donors (Lipinski definition) is 2. The number of benzene rings is 1. The predicted octanol–water partition coefficient (Wildman–Crippen LogP) is 2.71. The second-order valence-electron chi connectivity index (χ2n) is 6.05. The second kappa shape index (κ2) is 4.63. The molecule has 20 heavy (non-hydrogen) atoms. The summed E-state index contributed by atoms with van der Waals surface area (Å²) in [5.74, 6) is -0.0113. The molecule has 1 aliphatic rings. The molecule has 0 radical (unpaired) electrons. The van der Waals surface area contributed by atoms with Crippen LogP contribution in [0.25, 0.3) is 10.9 Å². The van der Waals surface area contributed by atoms with Crippen LogP contribution in [-0.4, -0.2) is 30.1 Å². The first kappa shape index (κ1) is 13.2. The number of rotatable bonds is 3. The zero-order valence-corrected chi connectivity index (χ0v) is 12.1. The Morgan fingerprint density at radius 2 is 2.20 bits per heavy atom. The van der Waals surface area contributed by atoms with E-state index in [2.05, 4.69) is 24.1 Å². The molecule has 0 saturated heterocycles. The van der Waals surface area contributed by atoms with Crippen LogP contribution in [0, 0.1) is 5.41 Å². The topological polar surface area (TPSA) is 54.1 Å². The lowest BCUT2D eigenvalue weighted by Gasteiger charge is -2.51. The second-order valence-corrected chi connectivity index (χ2v) is 6.05. The molecule has 2 atom stereocenters. The van der Waals surface area contributed by atoms with Gasteiger partial charge in [0.05, 0.1) is 6.10 Å². The molecule has 1 saturated carbocycles. The first-order valence-electron chi connectivity index (χ1n) is 6.94. The molecule has 0 aliphatic heterocycles. The van der Waals surface area contributed by atoms with Crippen molar-refractivity contribution in [2.75, 3.05) is 7.11 Å². The lowest BCUT2D eigenvalue weighted by molar-refractivity contribution is -0.0942. The van der Waals surface area contributed by atoms with Gasteiger partial charge in [-0.15, -0.1) is 0 Å². The molecule has 2 N–H and O–H groups in total. The van der Waals surface area contributed by atoms with E-state index in [1.54, 1.807) is 7.11 Å². The molecule has 4 heteroatoms. The fourth-order valence-corrected chi connectivity index (χ4v) is 3.05. The number of amides is 1. The van der Waals surface area contributed by atoms with Crippen LogP contribution in [0.3, 0.4) is 0 Å². The molecular weight excluding hydrogens is 252 g/mol. The van der Waals surface area contributed by atoms with Crippen LogP contribution < -0.4 is 5.32 Å². The van der Waals surface area contributed by atoms with E-state index in [9.17, 15) is 4.79 Å². The van der Waals surface area contributed by atoms with Crippen LogP contribution in [0.2, 0.25) is 0 Å². The highest BCUT2D eigenvalue weighted by Crippen LogP contribution is 2.42. The summed E-state index contributed by atoms with van der Waals surface area (Å²) < 4.78 is 5.42. The average molecular weight is 272 g/mol. The van der Waals surface area contributed by atoms with Crippen LogP contribution in [0.5, 0.6) is 0 Å². The number of hydrogen-bond acceptors (Lipinski definition) is 2. The standard InChI is InChI=1S/C16H20N2O2/c1-16(2)13(9-14(16)20-3)18-15(19)11-5-4-6-12-10(11)7-8-17-12/h4-8,13-14,17H,9H2,1-3H3,(H,18,19). The summed E-state index contributed by atoms with van der Waals surface area (Å²) in [5, 5.41) is 4.10. The van der Waals surface area contributed by atoms with Crippen molar-refractivity contribution in [1.82, 2.24) is 10.3 Å². The monoisotopic (exact) mass is 272 g/mol. The summed E-state index contributed by atoms with van der Waals surface area (Å²) in [6.45, 7) is 4.26. The minimum absolute atomic E-state index is 0.0113. The van der Waals surface area contributed by atoms with Crippen molar-refractivity contribution in [3.8, 4) is 0 Å². The number of nitrogens with one attached hydrogen (secondary N) is 2. The summed E-state index contributed by atoms with van der Waals surface area (Å²) in [6.07, 6.45) is 2.95. The average Bonchev–Trinajstić information content (AvgIpc) is 2.90. The zero-order valence-electron chi connectivity index (χ0n) is 12.1. The van der Waals surface area contributed by atoms with Gasteiger partial charge in [0.15, 0.2) is 0 Å². The van der Waals surface area contributed by atoms with Crippen LogP contribution in [0.4, 0.5) is 0 Å². The number of ether oxygens (including phenoxy) is 1. The molecule has 2 aromatic rings. The molecule has 0 bridgehead atoms. The minimum atomic E-state index is -0.0174. The van der Waals surface area contributed by atoms with E-state index in [1.807, 2.05) is 30.5 Å². The van der Waals surface area contributed by atoms with Gasteiger partial charge in [-0.2, -0.15) is 0 Å². The molecule has 1 aromatic heterocycles. The van der Waals surface area contributed by atoms with Gasteiger partial charge in [0.25, 0.3) is 5.91 Å². The zero-order chi connectivity index (χ0) is 14.3. The van der Waals surface area contributed by atoms with Crippen molar-refractivity contribution in [3.05, 3.63) is 36.0 Å². The normalized spacial score (nSPS) is 24.4. The van der Waals surface area contributed by atoms with E-state index in [1.165, 1.54) is 0 Å². The number of aromatic amines is 1. The summed E-state index contributed by atoms with van der Waals surface area (Å²) >= 11 is 0. The summed E-state index contributed by atoms with van der Waals surface area (Å²) in [5.41, 5.74) is 1.69. The molecule has 1 amide bonds. The Labute approximate surface area is 118 Å². The van der Waals surface area contributed by atoms with Crippen LogP contribution in [-0.2, 0) is 4.74 Å². The fourth-order valence-electron chi connectivity index (χ4n) is 3.05. The third-order valence-electron chi connectivity index (χ3n) is 4.61. The van der Waals surface area contributed by atoms with E-state index < -0.39 is 0 Å². The molecule has 1 aromatic carbocycles. The van der Waals surface area contributed by atoms with Crippen LogP contribution >= 0.6 is 0 Å². The number of aromatic nitrogens is 1. The number of carbonyl (C=O) groups excluding carboxylic acids is 1. The molecule has 106 valence electrons. The first-order chi connectivity index (χ1) is 9.54. The molecule has 1 aliphatic carbocycles. The summed E-state index contributed by atoms with van der Waals surface area (Å²) in [6, 6.07) is 7.84. The summed E-state index contributed by atoms with van der Waals surface area (Å²) in [7, 11) is 1.73. The highest BCUT2D eigenvalue weighted by Gasteiger charge is 2.49. The highest BCUT2D eigenvalue weighted by molar-refractivity contribution is 6.06. The minimum Gasteiger partial charge on any atom is -0.381 e. The van der Waals surface area contributed by atoms with Gasteiger partial charge < -0.3 is 15.0 Å². The quantitative estimate of drug-likeness (QED) is 0.902. The van der Waals surface area contributed by atoms with Crippen molar-refractivity contribution in [1.29, 1.82) is 0 Å². The number of carbonyl (C=O) groups is 1. The van der Waals surface area contributed by atoms with Crippen molar-refractivity contribution >= 4 is 16.8 Å². The summed E-state index contributed by atoms with van der Waals surface area (Å²) in [4.78, 5) is 15.6. The van der Waals surface area contributed by atoms with Crippen molar-refractivity contribution in [3.63, 3.8) is 0 Å². The number of H-pyrrole nitrogens is 1. The smallest absolute Gasteiger partial charge is 0.252 e. The van der Waals surface area contributed by atoms with Gasteiger partial charge in [0, 0.05) is 41.2 Å². The Morgan fingerprint density at radius 1 is 1.40 bits per heavy atom. The molecule has 2 unspecified atom stereocenters. The van der Waals surface area contributed by atoms with Gasteiger partial charge >= 0.3 is 0 Å². The molecule has 0 spiro atoms. The van der Waals surface area contributed by atoms with Crippen molar-refractivity contribution < 1.29 is 9.53 Å². The lowest BCUT2D eigenvalue weighted by Crippen LogP contribution is -2.61. The first-order valence-corrected chi connectivity index (χ1v) is 6.94. The van der Waals surface area contributed by atoms with E-state index in [0.29, 0.717) is 0 Å². The SMILES string of the molecule is COC1CC(NC(=O)c2cccc3[nH]ccc23)C1(C)C. The Balaban J connectivity index is 1.79. The molecule has 1 heterocycles. The van der Waals surface area contributed by atoms with E-state index in [-0.39, 0.29) is 23.5 Å². The molecule has 4 nitrogen and oxygen atoms in total. The molecular formula is C16H20N2O2. The Kier molecular flexibility index (Phi) is 3.05. The van der Waals surface area contributed by atoms with Crippen LogP contribution in [0.15, 0.2) is 30.5 Å². The van der Waals surface area contributed by atoms with Gasteiger partial charge in [-0.05, 0) is 24.6 Å². The van der Waals surface area contributed by atoms with E-state index in [4.69, 9.17) is 4.74 Å². The highest BCUT2D eigenvalue weighted by atomic mass is 16.5. The maximum atomic E-state index is 12.5. The van der Waals surface area contributed by atoms with E-state index in [0.717, 1.165) is 22.9 Å². The molecule has 1 fully saturated rings. The Morgan fingerprint density at radius 3 is 2.90 bits per heavy atom. The maximum absolute atomic E-state index is 12.5. The van der Waals surface area contributed by atoms with Gasteiger partial charge in [-0.3, -0.25) is 4.79 Å².